The summed E-state index contributed by atoms with van der Waals surface area (Å²) >= 11 is 1.96. The molecule has 1 atom stereocenters. The van der Waals surface area contributed by atoms with Crippen molar-refractivity contribution in [3.63, 3.8) is 0 Å². The fourth-order valence-electron chi connectivity index (χ4n) is 0.508. The van der Waals surface area contributed by atoms with Gasteiger partial charge in [-0.05, 0) is 24.2 Å². The van der Waals surface area contributed by atoms with Crippen LogP contribution in [0.1, 0.15) is 41.5 Å². The molecule has 12 heavy (non-hydrogen) atoms. The Hall–Kier alpha value is 0.0900. The Bertz CT molecular complexity index is 145. The number of allylic oxidation sites excluding steroid dienone is 1. The van der Waals surface area contributed by atoms with E-state index >= 15 is 0 Å². The second kappa shape index (κ2) is 5.69. The Kier molecular flexibility index (Phi) is 5.73. The van der Waals surface area contributed by atoms with E-state index in [-0.39, 0.29) is 0 Å². The van der Waals surface area contributed by atoms with Crippen molar-refractivity contribution in [3.05, 3.63) is 11.0 Å². The molecule has 0 aromatic rings. The van der Waals surface area contributed by atoms with Crippen LogP contribution in [0.15, 0.2) is 11.0 Å². The molecule has 72 valence electrons. The highest BCUT2D eigenvalue weighted by atomic mass is 32.2. The SMILES string of the molecule is C/C(=C\SC(C)C(C)C)C(C)C. The summed E-state index contributed by atoms with van der Waals surface area (Å²) in [5.41, 5.74) is 1.49. The van der Waals surface area contributed by atoms with E-state index in [1.54, 1.807) is 0 Å². The predicted molar refractivity (Wildman–Crippen MR) is 60.5 cm³/mol. The number of rotatable bonds is 4. The molecule has 0 saturated carbocycles. The zero-order valence-corrected chi connectivity index (χ0v) is 10.0. The Morgan fingerprint density at radius 3 is 1.92 bits per heavy atom. The number of thioether (sulfide) groups is 1. The van der Waals surface area contributed by atoms with Gasteiger partial charge in [0.15, 0.2) is 0 Å². The molecule has 0 N–H and O–H groups in total. The maximum absolute atomic E-state index is 2.31. The normalized spacial score (nSPS) is 15.8. The molecule has 0 aliphatic heterocycles. The van der Waals surface area contributed by atoms with Crippen LogP contribution in [-0.2, 0) is 0 Å². The van der Waals surface area contributed by atoms with E-state index < -0.39 is 0 Å². The first-order valence-corrected chi connectivity index (χ1v) is 5.71. The van der Waals surface area contributed by atoms with E-state index in [4.69, 9.17) is 0 Å². The van der Waals surface area contributed by atoms with Crippen LogP contribution in [0.5, 0.6) is 0 Å². The van der Waals surface area contributed by atoms with Crippen LogP contribution in [0.2, 0.25) is 0 Å². The summed E-state index contributed by atoms with van der Waals surface area (Å²) in [4.78, 5) is 0. The van der Waals surface area contributed by atoms with Crippen LogP contribution in [0.4, 0.5) is 0 Å². The standard InChI is InChI=1S/C11H22S/c1-8(2)10(5)7-12-11(6)9(3)4/h7-9,11H,1-6H3/b10-7+. The van der Waals surface area contributed by atoms with E-state index in [1.807, 2.05) is 11.8 Å². The summed E-state index contributed by atoms with van der Waals surface area (Å²) in [5, 5.41) is 3.05. The van der Waals surface area contributed by atoms with E-state index in [9.17, 15) is 0 Å². The maximum Gasteiger partial charge on any atom is 0.00831 e. The Morgan fingerprint density at radius 1 is 1.08 bits per heavy atom. The van der Waals surface area contributed by atoms with Crippen LogP contribution < -0.4 is 0 Å². The highest BCUT2D eigenvalue weighted by Crippen LogP contribution is 2.23. The van der Waals surface area contributed by atoms with Crippen LogP contribution >= 0.6 is 11.8 Å². The van der Waals surface area contributed by atoms with Gasteiger partial charge in [0.2, 0.25) is 0 Å². The van der Waals surface area contributed by atoms with Gasteiger partial charge in [-0.25, -0.2) is 0 Å². The van der Waals surface area contributed by atoms with E-state index in [1.165, 1.54) is 5.57 Å². The van der Waals surface area contributed by atoms with Gasteiger partial charge in [-0.3, -0.25) is 0 Å². The lowest BCUT2D eigenvalue weighted by molar-refractivity contribution is 0.643. The van der Waals surface area contributed by atoms with Crippen molar-refractivity contribution in [2.45, 2.75) is 46.8 Å². The zero-order chi connectivity index (χ0) is 9.72. The quantitative estimate of drug-likeness (QED) is 0.630. The lowest BCUT2D eigenvalue weighted by Crippen LogP contribution is -2.04. The van der Waals surface area contributed by atoms with Crippen molar-refractivity contribution >= 4 is 11.8 Å². The lowest BCUT2D eigenvalue weighted by Gasteiger charge is -2.13. The summed E-state index contributed by atoms with van der Waals surface area (Å²) in [7, 11) is 0. The van der Waals surface area contributed by atoms with Gasteiger partial charge in [-0.15, -0.1) is 11.8 Å². The molecule has 1 heteroatoms. The summed E-state index contributed by atoms with van der Waals surface area (Å²) in [5.74, 6) is 1.46. The minimum atomic E-state index is 0.692. The molecule has 0 aliphatic rings. The minimum Gasteiger partial charge on any atom is -0.131 e. The molecular weight excluding hydrogens is 164 g/mol. The third-order valence-electron chi connectivity index (χ3n) is 2.32. The van der Waals surface area contributed by atoms with Crippen molar-refractivity contribution in [1.29, 1.82) is 0 Å². The smallest absolute Gasteiger partial charge is 0.00831 e. The van der Waals surface area contributed by atoms with Gasteiger partial charge >= 0.3 is 0 Å². The molecule has 0 radical (unpaired) electrons. The molecule has 0 fully saturated rings. The van der Waals surface area contributed by atoms with E-state index in [0.29, 0.717) is 5.92 Å². The Morgan fingerprint density at radius 2 is 1.58 bits per heavy atom. The predicted octanol–water partition coefficient (Wildman–Crippen LogP) is 4.32. The van der Waals surface area contributed by atoms with Crippen molar-refractivity contribution < 1.29 is 0 Å². The van der Waals surface area contributed by atoms with Crippen molar-refractivity contribution in [2.24, 2.45) is 11.8 Å². The van der Waals surface area contributed by atoms with Gasteiger partial charge in [-0.1, -0.05) is 40.2 Å². The van der Waals surface area contributed by atoms with E-state index in [2.05, 4.69) is 47.0 Å². The summed E-state index contributed by atoms with van der Waals surface area (Å²) in [6.07, 6.45) is 0. The molecule has 0 aromatic carbocycles. The first-order chi connectivity index (χ1) is 5.45. The molecule has 0 spiro atoms. The van der Waals surface area contributed by atoms with Crippen LogP contribution in [0.3, 0.4) is 0 Å². The van der Waals surface area contributed by atoms with Crippen molar-refractivity contribution in [2.75, 3.05) is 0 Å². The first kappa shape index (κ1) is 12.1. The number of hydrogen-bond donors (Lipinski definition) is 0. The van der Waals surface area contributed by atoms with Crippen LogP contribution in [0.25, 0.3) is 0 Å². The molecule has 0 heterocycles. The van der Waals surface area contributed by atoms with E-state index in [0.717, 1.165) is 11.2 Å². The van der Waals surface area contributed by atoms with Crippen LogP contribution in [0, 0.1) is 11.8 Å². The van der Waals surface area contributed by atoms with Gasteiger partial charge in [0.25, 0.3) is 0 Å². The number of hydrogen-bond acceptors (Lipinski definition) is 1. The molecule has 0 amide bonds. The molecule has 0 saturated heterocycles. The Balaban J connectivity index is 3.87. The summed E-state index contributed by atoms with van der Waals surface area (Å²) in [6, 6.07) is 0. The molecule has 0 nitrogen and oxygen atoms in total. The zero-order valence-electron chi connectivity index (χ0n) is 9.22. The summed E-state index contributed by atoms with van der Waals surface area (Å²) < 4.78 is 0. The van der Waals surface area contributed by atoms with Gasteiger partial charge in [0.1, 0.15) is 0 Å². The third-order valence-corrected chi connectivity index (χ3v) is 3.80. The van der Waals surface area contributed by atoms with Gasteiger partial charge in [-0.2, -0.15) is 0 Å². The van der Waals surface area contributed by atoms with Gasteiger partial charge in [0.05, 0.1) is 0 Å². The molecule has 0 bridgehead atoms. The highest BCUT2D eigenvalue weighted by Gasteiger charge is 2.05. The highest BCUT2D eigenvalue weighted by molar-refractivity contribution is 8.02. The molecule has 1 unspecified atom stereocenters. The maximum atomic E-state index is 2.31. The van der Waals surface area contributed by atoms with Gasteiger partial charge in [0, 0.05) is 5.25 Å². The largest absolute Gasteiger partial charge is 0.131 e. The fourth-order valence-corrected chi connectivity index (χ4v) is 1.52. The monoisotopic (exact) mass is 186 g/mol. The topological polar surface area (TPSA) is 0 Å². The fraction of sp³-hybridized carbons (Fsp3) is 0.818. The van der Waals surface area contributed by atoms with Crippen molar-refractivity contribution in [1.82, 2.24) is 0 Å². The average molecular weight is 186 g/mol. The second-order valence-electron chi connectivity index (χ2n) is 4.10. The Labute approximate surface area is 81.8 Å². The third kappa shape index (κ3) is 4.87. The van der Waals surface area contributed by atoms with Crippen LogP contribution in [-0.4, -0.2) is 5.25 Å². The van der Waals surface area contributed by atoms with Gasteiger partial charge < -0.3 is 0 Å². The first-order valence-electron chi connectivity index (χ1n) is 4.77. The molecule has 0 aromatic heterocycles. The second-order valence-corrected chi connectivity index (χ2v) is 5.35. The molecular formula is C11H22S. The minimum absolute atomic E-state index is 0.692. The molecule has 0 aliphatic carbocycles. The molecule has 0 rings (SSSR count). The summed E-state index contributed by atoms with van der Waals surface area (Å²) in [6.45, 7) is 13.5. The lowest BCUT2D eigenvalue weighted by atomic mass is 10.1. The average Bonchev–Trinajstić information content (AvgIpc) is 1.98. The van der Waals surface area contributed by atoms with Crippen molar-refractivity contribution in [3.8, 4) is 0 Å².